The number of benzene rings is 8. The molecule has 0 aliphatic carbocycles. The van der Waals surface area contributed by atoms with Gasteiger partial charge in [0.2, 0.25) is 0 Å². The van der Waals surface area contributed by atoms with E-state index in [1.807, 2.05) is 26.0 Å². The van der Waals surface area contributed by atoms with Crippen LogP contribution in [0.4, 0.5) is 8.78 Å². The van der Waals surface area contributed by atoms with Crippen LogP contribution in [0.15, 0.2) is 121 Å². The van der Waals surface area contributed by atoms with Crippen molar-refractivity contribution < 1.29 is 54.3 Å². The van der Waals surface area contributed by atoms with Gasteiger partial charge < -0.3 is 43.7 Å². The first-order valence-corrected chi connectivity index (χ1v) is 33.6. The third kappa shape index (κ3) is 15.4. The van der Waals surface area contributed by atoms with Gasteiger partial charge in [-0.3, -0.25) is 0 Å². The molecule has 0 saturated carbocycles. The Kier molecular flexibility index (Phi) is 21.4. The molecule has 0 bridgehead atoms. The fraction of sp³-hybridized carbons (Fsp3) is 0.425. The van der Waals surface area contributed by atoms with Gasteiger partial charge >= 0.3 is 0 Å². The molecule has 6 nitrogen and oxygen atoms in total. The second-order valence-electron chi connectivity index (χ2n) is 34.9. The van der Waals surface area contributed by atoms with Crippen molar-refractivity contribution in [2.24, 2.45) is 10.8 Å². The zero-order valence-electron chi connectivity index (χ0n) is 62.9. The topological polar surface area (TPSA) is 68.8 Å². The van der Waals surface area contributed by atoms with E-state index in [0.29, 0.717) is 62.7 Å². The number of aromatic nitrogens is 2. The fourth-order valence-electron chi connectivity index (χ4n) is 14.7. The van der Waals surface area contributed by atoms with Crippen molar-refractivity contribution in [1.29, 1.82) is 0 Å². The summed E-state index contributed by atoms with van der Waals surface area (Å²) in [5.41, 5.74) is 13.3. The predicted molar refractivity (Wildman–Crippen MR) is 403 cm³/mol. The monoisotopic (exact) mass is 1460 g/mol. The second-order valence-corrected chi connectivity index (χ2v) is 34.9. The normalized spacial score (nSPS) is 12.9. The molecule has 2 aromatic heterocycles. The minimum atomic E-state index is -0.445. The number of aromatic hydroxyl groups is 2. The summed E-state index contributed by atoms with van der Waals surface area (Å²) in [4.78, 5) is 0. The standard InChI is InChI=1S/C85H104F2N2O4.2CH3.Hf/c1-50-36-58(86)46-66(64-38-56(84(21,22)48-78(3,4)5)44-72(74(64)90)88-68-40-52(80(9,10)11)26-30-60(68)61-31-27-53(41-69(61)88)81(12,13)14)76(50)92-34-25-35-93-77-51(2)37-59(87)47-67(77)65-39-57(85(23,24)49-79(6,7)8)45-73(75(65)91)89-70-42-54(82(15,16)17)28-32-62(70)63-33-29-55(43-71(63)89)83(18,19)20;;;/h26-33,36-47,90-91H,25,34-35,48-49H2,1-24H3;2*1H3;/q;2*-1;. The van der Waals surface area contributed by atoms with Crippen molar-refractivity contribution >= 4 is 43.6 Å². The van der Waals surface area contributed by atoms with E-state index in [1.54, 1.807) is 0 Å². The van der Waals surface area contributed by atoms with Gasteiger partial charge in [0.05, 0.1) is 46.7 Å². The average Bonchev–Trinajstić information content (AvgIpc) is 1.52. The largest absolute Gasteiger partial charge is 0.505 e. The third-order valence-corrected chi connectivity index (χ3v) is 19.0. The number of hydrogen-bond acceptors (Lipinski definition) is 4. The van der Waals surface area contributed by atoms with Crippen LogP contribution in [0.3, 0.4) is 0 Å². The first-order chi connectivity index (χ1) is 42.8. The fourth-order valence-corrected chi connectivity index (χ4v) is 14.7. The van der Waals surface area contributed by atoms with Crippen molar-refractivity contribution in [3.8, 4) is 56.6 Å². The molecule has 0 atom stereocenters. The molecule has 8 aromatic carbocycles. The number of phenols is 2. The molecule has 9 heteroatoms. The van der Waals surface area contributed by atoms with E-state index < -0.39 is 11.6 Å². The minimum absolute atomic E-state index is 0. The molecule has 0 aliphatic rings. The third-order valence-electron chi connectivity index (χ3n) is 19.0. The quantitative estimate of drug-likeness (QED) is 0.0647. The smallest absolute Gasteiger partial charge is 0.147 e. The number of ether oxygens (including phenoxy) is 2. The number of fused-ring (bicyclic) bond motifs is 6. The van der Waals surface area contributed by atoms with Crippen molar-refractivity contribution in [3.05, 3.63) is 192 Å². The van der Waals surface area contributed by atoms with Gasteiger partial charge in [0.25, 0.3) is 0 Å². The number of halogens is 2. The van der Waals surface area contributed by atoms with Crippen LogP contribution in [0.1, 0.15) is 216 Å². The van der Waals surface area contributed by atoms with E-state index in [9.17, 15) is 10.2 Å². The second kappa shape index (κ2) is 26.8. The Labute approximate surface area is 594 Å². The maximum Gasteiger partial charge on any atom is 0.147 e. The molecule has 0 aliphatic heterocycles. The summed E-state index contributed by atoms with van der Waals surface area (Å²) in [5.74, 6) is 0.0528. The summed E-state index contributed by atoms with van der Waals surface area (Å²) in [6, 6.07) is 41.1. The Morgan fingerprint density at radius 3 is 0.875 bits per heavy atom. The molecular formula is C87H110F2HfN2O4-2. The molecule has 0 unspecified atom stereocenters. The van der Waals surface area contributed by atoms with Crippen molar-refractivity contribution in [2.45, 2.75) is 218 Å². The molecule has 0 fully saturated rings. The van der Waals surface area contributed by atoms with E-state index in [-0.39, 0.29) is 109 Å². The van der Waals surface area contributed by atoms with Gasteiger partial charge in [-0.05, 0) is 187 Å². The van der Waals surface area contributed by atoms with Crippen LogP contribution in [0, 0.1) is 51.2 Å². The van der Waals surface area contributed by atoms with E-state index in [2.05, 4.69) is 246 Å². The summed E-state index contributed by atoms with van der Waals surface area (Å²) in [5, 5.41) is 30.8. The summed E-state index contributed by atoms with van der Waals surface area (Å²) >= 11 is 0. The minimum Gasteiger partial charge on any atom is -0.505 e. The molecule has 0 saturated heterocycles. The van der Waals surface area contributed by atoms with Gasteiger partial charge in [0.15, 0.2) is 0 Å². The van der Waals surface area contributed by atoms with Crippen LogP contribution in [-0.4, -0.2) is 32.6 Å². The average molecular weight is 1460 g/mol. The van der Waals surface area contributed by atoms with Crippen molar-refractivity contribution in [3.63, 3.8) is 0 Å². The maximum atomic E-state index is 16.3. The summed E-state index contributed by atoms with van der Waals surface area (Å²) in [7, 11) is 0. The van der Waals surface area contributed by atoms with E-state index in [1.165, 1.54) is 46.5 Å². The van der Waals surface area contributed by atoms with Gasteiger partial charge in [-0.2, -0.15) is 0 Å². The number of nitrogens with zero attached hydrogens (tertiary/aromatic N) is 2. The molecule has 2 N–H and O–H groups in total. The van der Waals surface area contributed by atoms with Crippen LogP contribution in [0.2, 0.25) is 0 Å². The molecule has 0 radical (unpaired) electrons. The Balaban J connectivity index is 0.00000433. The van der Waals surface area contributed by atoms with Crippen LogP contribution in [0.5, 0.6) is 23.0 Å². The molecule has 512 valence electrons. The first kappa shape index (κ1) is 76.7. The van der Waals surface area contributed by atoms with Crippen molar-refractivity contribution in [1.82, 2.24) is 9.13 Å². The Morgan fingerprint density at radius 1 is 0.354 bits per heavy atom. The van der Waals surface area contributed by atoms with Crippen LogP contribution >= 0.6 is 0 Å². The zero-order chi connectivity index (χ0) is 68.4. The Morgan fingerprint density at radius 2 is 0.625 bits per heavy atom. The van der Waals surface area contributed by atoms with E-state index >= 15 is 8.78 Å². The molecular weight excluding hydrogens is 1350 g/mol. The molecule has 0 spiro atoms. The predicted octanol–water partition coefficient (Wildman–Crippen LogP) is 24.9. The van der Waals surface area contributed by atoms with Crippen molar-refractivity contribution in [2.75, 3.05) is 13.2 Å². The van der Waals surface area contributed by atoms with Gasteiger partial charge in [-0.25, -0.2) is 8.78 Å². The number of hydrogen-bond donors (Lipinski definition) is 2. The molecule has 2 heterocycles. The molecule has 10 rings (SSSR count). The van der Waals surface area contributed by atoms with Crippen LogP contribution in [0.25, 0.3) is 77.2 Å². The van der Waals surface area contributed by atoms with E-state index in [4.69, 9.17) is 9.47 Å². The maximum absolute atomic E-state index is 16.3. The zero-order valence-corrected chi connectivity index (χ0v) is 66.5. The van der Waals surface area contributed by atoms with Gasteiger partial charge in [-0.1, -0.05) is 201 Å². The Bertz CT molecular complexity index is 4120. The first-order valence-electron chi connectivity index (χ1n) is 33.6. The molecule has 96 heavy (non-hydrogen) atoms. The number of rotatable bonds is 14. The van der Waals surface area contributed by atoms with Crippen LogP contribution in [-0.2, 0) is 58.3 Å². The molecule has 0 amide bonds. The Hall–Kier alpha value is -6.71. The van der Waals surface area contributed by atoms with E-state index in [0.717, 1.165) is 67.6 Å². The van der Waals surface area contributed by atoms with Gasteiger partial charge in [0, 0.05) is 76.1 Å². The summed E-state index contributed by atoms with van der Waals surface area (Å²) in [6.07, 6.45) is 2.05. The molecule has 10 aromatic rings. The van der Waals surface area contributed by atoms with Crippen LogP contribution < -0.4 is 9.47 Å². The summed E-state index contributed by atoms with van der Waals surface area (Å²) < 4.78 is 50.7. The SMILES string of the molecule is Cc1cc(F)cc(-c2cc(C(C)(C)CC(C)(C)C)cc(-n3c4cc(C(C)(C)C)ccc4c4ccc(C(C)(C)C)cc43)c2O)c1OCCCOc1c(C)cc(F)cc1-c1cc(C(C)(C)CC(C)(C)C)cc(-n2c3cc(C(C)(C)C)ccc3c3ccc(C(C)(C)C)cc32)c1O.[CH3-].[CH3-].[Hf]. The summed E-state index contributed by atoms with van der Waals surface area (Å²) in [6.45, 7) is 53.2. The van der Waals surface area contributed by atoms with Gasteiger partial charge in [0.1, 0.15) is 34.6 Å². The number of aryl methyl sites for hydroxylation is 2. The van der Waals surface area contributed by atoms with Gasteiger partial charge in [-0.15, -0.1) is 0 Å². The number of phenolic OH excluding ortho intramolecular Hbond substituents is 2.